The zero-order valence-corrected chi connectivity index (χ0v) is 12.3. The molecule has 0 fully saturated rings. The molecule has 5 heteroatoms. The maximum Gasteiger partial charge on any atom is 0.389 e. The van der Waals surface area contributed by atoms with Gasteiger partial charge in [0.15, 0.2) is 0 Å². The van der Waals surface area contributed by atoms with Gasteiger partial charge in [-0.15, -0.1) is 0 Å². The van der Waals surface area contributed by atoms with E-state index in [4.69, 9.17) is 4.74 Å². The van der Waals surface area contributed by atoms with Gasteiger partial charge in [-0.25, -0.2) is 0 Å². The fraction of sp³-hybridized carbons (Fsp3) is 0.625. The van der Waals surface area contributed by atoms with E-state index in [9.17, 15) is 13.2 Å². The van der Waals surface area contributed by atoms with Crippen molar-refractivity contribution >= 4 is 0 Å². The minimum absolute atomic E-state index is 0.0156. The Kier molecular flexibility index (Phi) is 5.65. The van der Waals surface area contributed by atoms with E-state index in [0.717, 1.165) is 24.1 Å². The number of benzene rings is 1. The van der Waals surface area contributed by atoms with Gasteiger partial charge in [-0.1, -0.05) is 25.1 Å². The summed E-state index contributed by atoms with van der Waals surface area (Å²) in [6.07, 6.45) is -3.17. The molecule has 1 N–H and O–H groups in total. The van der Waals surface area contributed by atoms with Crippen LogP contribution in [0.5, 0.6) is 0 Å². The van der Waals surface area contributed by atoms with E-state index in [1.165, 1.54) is 5.56 Å². The van der Waals surface area contributed by atoms with Gasteiger partial charge in [-0.3, -0.25) is 0 Å². The molecule has 0 aromatic heterocycles. The number of fused-ring (bicyclic) bond motifs is 1. The van der Waals surface area contributed by atoms with Gasteiger partial charge in [0.25, 0.3) is 0 Å². The Morgan fingerprint density at radius 3 is 2.71 bits per heavy atom. The van der Waals surface area contributed by atoms with Gasteiger partial charge in [0.05, 0.1) is 13.2 Å². The van der Waals surface area contributed by atoms with Crippen LogP contribution in [0.25, 0.3) is 0 Å². The quantitative estimate of drug-likeness (QED) is 0.801. The van der Waals surface area contributed by atoms with Crippen molar-refractivity contribution in [3.63, 3.8) is 0 Å². The second-order valence-corrected chi connectivity index (χ2v) is 5.54. The molecule has 0 radical (unpaired) electrons. The number of hydrogen-bond donors (Lipinski definition) is 1. The molecule has 2 rings (SSSR count). The van der Waals surface area contributed by atoms with Crippen molar-refractivity contribution in [2.45, 2.75) is 58.0 Å². The number of halogens is 3. The molecule has 2 nitrogen and oxygen atoms in total. The third kappa shape index (κ3) is 5.00. The van der Waals surface area contributed by atoms with Crippen molar-refractivity contribution in [3.05, 3.63) is 34.9 Å². The summed E-state index contributed by atoms with van der Waals surface area (Å²) >= 11 is 0. The molecule has 1 atom stereocenters. The van der Waals surface area contributed by atoms with Crippen molar-refractivity contribution in [3.8, 4) is 0 Å². The molecule has 0 bridgehead atoms. The highest BCUT2D eigenvalue weighted by Crippen LogP contribution is 2.29. The van der Waals surface area contributed by atoms with Gasteiger partial charge in [0, 0.05) is 12.5 Å². The second-order valence-electron chi connectivity index (χ2n) is 5.54. The highest BCUT2D eigenvalue weighted by Gasteiger charge is 2.27. The molecule has 0 aliphatic carbocycles. The topological polar surface area (TPSA) is 21.3 Å². The van der Waals surface area contributed by atoms with Crippen molar-refractivity contribution in [1.82, 2.24) is 5.32 Å². The SMILES string of the molecule is CCCNC(CCCC(F)(F)F)c1ccc2c(c1)COC2. The Morgan fingerprint density at radius 2 is 2.00 bits per heavy atom. The van der Waals surface area contributed by atoms with Crippen LogP contribution in [0.1, 0.15) is 55.3 Å². The first-order chi connectivity index (χ1) is 9.99. The van der Waals surface area contributed by atoms with Gasteiger partial charge in [-0.05, 0) is 42.5 Å². The van der Waals surface area contributed by atoms with Crippen LogP contribution in [-0.2, 0) is 18.0 Å². The van der Waals surface area contributed by atoms with Gasteiger partial charge < -0.3 is 10.1 Å². The zero-order chi connectivity index (χ0) is 15.3. The predicted molar refractivity (Wildman–Crippen MR) is 75.9 cm³/mol. The largest absolute Gasteiger partial charge is 0.389 e. The lowest BCUT2D eigenvalue weighted by Crippen LogP contribution is -2.23. The van der Waals surface area contributed by atoms with Gasteiger partial charge >= 0.3 is 6.18 Å². The maximum atomic E-state index is 12.3. The summed E-state index contributed by atoms with van der Waals surface area (Å²) in [7, 11) is 0. The molecule has 1 aromatic rings. The smallest absolute Gasteiger partial charge is 0.372 e. The number of rotatable bonds is 7. The van der Waals surface area contributed by atoms with E-state index in [0.29, 0.717) is 19.6 Å². The summed E-state index contributed by atoms with van der Waals surface area (Å²) in [5, 5.41) is 3.35. The summed E-state index contributed by atoms with van der Waals surface area (Å²) in [5.41, 5.74) is 3.41. The Hall–Kier alpha value is -1.07. The minimum Gasteiger partial charge on any atom is -0.372 e. The highest BCUT2D eigenvalue weighted by molar-refractivity contribution is 5.34. The number of hydrogen-bond acceptors (Lipinski definition) is 2. The predicted octanol–water partition coefficient (Wildman–Crippen LogP) is 4.49. The van der Waals surface area contributed by atoms with Crippen LogP contribution in [0.15, 0.2) is 18.2 Å². The van der Waals surface area contributed by atoms with Crippen LogP contribution in [0.3, 0.4) is 0 Å². The molecular weight excluding hydrogens is 279 g/mol. The summed E-state index contributed by atoms with van der Waals surface area (Å²) in [4.78, 5) is 0. The van der Waals surface area contributed by atoms with Crippen molar-refractivity contribution in [2.24, 2.45) is 0 Å². The first-order valence-electron chi connectivity index (χ1n) is 7.49. The molecule has 1 aliphatic heterocycles. The molecule has 1 aromatic carbocycles. The fourth-order valence-corrected chi connectivity index (χ4v) is 2.62. The van der Waals surface area contributed by atoms with E-state index >= 15 is 0 Å². The summed E-state index contributed by atoms with van der Waals surface area (Å²) in [5.74, 6) is 0. The van der Waals surface area contributed by atoms with Crippen LogP contribution in [-0.4, -0.2) is 12.7 Å². The molecule has 1 aliphatic rings. The Balaban J connectivity index is 2.01. The van der Waals surface area contributed by atoms with E-state index < -0.39 is 12.6 Å². The summed E-state index contributed by atoms with van der Waals surface area (Å²) in [6, 6.07) is 6.10. The van der Waals surface area contributed by atoms with Crippen molar-refractivity contribution < 1.29 is 17.9 Å². The van der Waals surface area contributed by atoms with Gasteiger partial charge in [0.2, 0.25) is 0 Å². The first kappa shape index (κ1) is 16.3. The first-order valence-corrected chi connectivity index (χ1v) is 7.49. The molecule has 0 saturated heterocycles. The molecule has 0 amide bonds. The molecule has 1 unspecified atom stereocenters. The third-order valence-corrected chi connectivity index (χ3v) is 3.74. The van der Waals surface area contributed by atoms with E-state index in [1.54, 1.807) is 0 Å². The van der Waals surface area contributed by atoms with E-state index in [2.05, 4.69) is 18.3 Å². The monoisotopic (exact) mass is 301 g/mol. The lowest BCUT2D eigenvalue weighted by molar-refractivity contribution is -0.135. The number of ether oxygens (including phenoxy) is 1. The van der Waals surface area contributed by atoms with E-state index in [1.807, 2.05) is 12.1 Å². The summed E-state index contributed by atoms with van der Waals surface area (Å²) < 4.78 is 42.3. The van der Waals surface area contributed by atoms with Crippen LogP contribution >= 0.6 is 0 Å². The summed E-state index contributed by atoms with van der Waals surface area (Å²) in [6.45, 7) is 4.10. The Morgan fingerprint density at radius 1 is 1.24 bits per heavy atom. The average molecular weight is 301 g/mol. The standard InChI is InChI=1S/C16H22F3NO/c1-2-8-20-15(4-3-7-16(17,18)19)12-5-6-13-10-21-11-14(13)9-12/h5-6,9,15,20H,2-4,7-8,10-11H2,1H3. The molecule has 1 heterocycles. The Bertz CT molecular complexity index is 459. The highest BCUT2D eigenvalue weighted by atomic mass is 19.4. The maximum absolute atomic E-state index is 12.3. The van der Waals surface area contributed by atoms with Crippen molar-refractivity contribution in [2.75, 3.05) is 6.54 Å². The third-order valence-electron chi connectivity index (χ3n) is 3.74. The zero-order valence-electron chi connectivity index (χ0n) is 12.3. The normalized spacial score (nSPS) is 16.0. The van der Waals surface area contributed by atoms with E-state index in [-0.39, 0.29) is 12.5 Å². The van der Waals surface area contributed by atoms with Crippen LogP contribution in [0, 0.1) is 0 Å². The average Bonchev–Trinajstić information content (AvgIpc) is 2.88. The van der Waals surface area contributed by atoms with Gasteiger partial charge in [0.1, 0.15) is 0 Å². The molecule has 0 saturated carbocycles. The number of alkyl halides is 3. The van der Waals surface area contributed by atoms with Crippen LogP contribution in [0.4, 0.5) is 13.2 Å². The molecular formula is C16H22F3NO. The minimum atomic E-state index is -4.07. The number of nitrogens with one attached hydrogen (secondary N) is 1. The second kappa shape index (κ2) is 7.27. The molecule has 21 heavy (non-hydrogen) atoms. The fourth-order valence-electron chi connectivity index (χ4n) is 2.62. The lowest BCUT2D eigenvalue weighted by atomic mass is 9.97. The van der Waals surface area contributed by atoms with Crippen LogP contribution < -0.4 is 5.32 Å². The van der Waals surface area contributed by atoms with Crippen molar-refractivity contribution in [1.29, 1.82) is 0 Å². The van der Waals surface area contributed by atoms with Gasteiger partial charge in [-0.2, -0.15) is 13.2 Å². The molecule has 0 spiro atoms. The lowest BCUT2D eigenvalue weighted by Gasteiger charge is -2.20. The van der Waals surface area contributed by atoms with Crippen LogP contribution in [0.2, 0.25) is 0 Å². The Labute approximate surface area is 123 Å². The molecule has 118 valence electrons.